The summed E-state index contributed by atoms with van der Waals surface area (Å²) in [5, 5.41) is 16.8. The minimum atomic E-state index is -3.17. The molecule has 0 spiro atoms. The van der Waals surface area contributed by atoms with Crippen molar-refractivity contribution in [1.82, 2.24) is 9.97 Å². The van der Waals surface area contributed by atoms with E-state index in [4.69, 9.17) is 0 Å². The largest absolute Gasteiger partial charge is 0.478 e. The zero-order valence-corrected chi connectivity index (χ0v) is 17.1. The van der Waals surface area contributed by atoms with Gasteiger partial charge in [0.15, 0.2) is 5.13 Å². The number of carboxylic acids is 1. The Labute approximate surface area is 169 Å². The minimum Gasteiger partial charge on any atom is -0.478 e. The second kappa shape index (κ2) is 7.92. The average Bonchev–Trinajstić information content (AvgIpc) is 3.23. The van der Waals surface area contributed by atoms with Gasteiger partial charge >= 0.3 is 5.97 Å². The summed E-state index contributed by atoms with van der Waals surface area (Å²) in [4.78, 5) is 21.2. The van der Waals surface area contributed by atoms with Crippen LogP contribution in [0.25, 0.3) is 11.3 Å². The van der Waals surface area contributed by atoms with Crippen LogP contribution < -0.4 is 5.32 Å². The van der Waals surface area contributed by atoms with Crippen LogP contribution in [0.1, 0.15) is 41.6 Å². The van der Waals surface area contributed by atoms with Crippen molar-refractivity contribution in [2.24, 2.45) is 5.92 Å². The van der Waals surface area contributed by atoms with Gasteiger partial charge < -0.3 is 10.4 Å². The fourth-order valence-electron chi connectivity index (χ4n) is 2.61. The van der Waals surface area contributed by atoms with Gasteiger partial charge in [0, 0.05) is 34.5 Å². The number of aromatic carboxylic acids is 1. The van der Waals surface area contributed by atoms with Crippen molar-refractivity contribution in [1.29, 1.82) is 0 Å². The van der Waals surface area contributed by atoms with E-state index in [9.17, 15) is 18.7 Å². The van der Waals surface area contributed by atoms with Crippen LogP contribution in [0.3, 0.4) is 0 Å². The van der Waals surface area contributed by atoms with Gasteiger partial charge in [0.1, 0.15) is 11.4 Å². The van der Waals surface area contributed by atoms with Gasteiger partial charge in [0.2, 0.25) is 0 Å². The van der Waals surface area contributed by atoms with Crippen LogP contribution in [0.15, 0.2) is 29.1 Å². The number of pyridine rings is 1. The molecule has 0 saturated carbocycles. The van der Waals surface area contributed by atoms with Gasteiger partial charge in [-0.2, -0.15) is 11.3 Å². The monoisotopic (exact) mass is 423 g/mol. The Morgan fingerprint density at radius 3 is 2.71 bits per heavy atom. The van der Waals surface area contributed by atoms with Gasteiger partial charge in [-0.25, -0.2) is 23.5 Å². The zero-order valence-electron chi connectivity index (χ0n) is 15.5. The third-order valence-corrected chi connectivity index (χ3v) is 5.61. The van der Waals surface area contributed by atoms with Crippen molar-refractivity contribution in [3.8, 4) is 11.3 Å². The Morgan fingerprint density at radius 1 is 1.39 bits per heavy atom. The SMILES string of the molecule is CC(C)Cc1sc(Nc2ncc(C(C)(F)F)cc2C(=O)O)nc1-c1ccsc1. The van der Waals surface area contributed by atoms with E-state index in [2.05, 4.69) is 29.1 Å². The van der Waals surface area contributed by atoms with Gasteiger partial charge in [0.05, 0.1) is 5.69 Å². The van der Waals surface area contributed by atoms with Crippen LogP contribution in [0.5, 0.6) is 0 Å². The van der Waals surface area contributed by atoms with Gasteiger partial charge in [-0.15, -0.1) is 11.3 Å². The molecule has 0 aliphatic rings. The van der Waals surface area contributed by atoms with Gasteiger partial charge in [-0.3, -0.25) is 0 Å². The third-order valence-electron chi connectivity index (χ3n) is 3.94. The maximum absolute atomic E-state index is 13.5. The standard InChI is InChI=1S/C19H19F2N3O2S2/c1-10(2)6-14-15(11-4-5-27-9-11)23-18(28-14)24-16-13(17(25)26)7-12(8-22-16)19(3,20)21/h4-5,7-10H,6H2,1-3H3,(H,25,26)(H,22,23,24). The van der Waals surface area contributed by atoms with E-state index in [0.717, 1.165) is 34.8 Å². The molecule has 0 saturated heterocycles. The molecule has 2 N–H and O–H groups in total. The first-order valence-corrected chi connectivity index (χ1v) is 10.3. The number of carboxylic acid groups (broad SMARTS) is 1. The van der Waals surface area contributed by atoms with Crippen LogP contribution in [-0.4, -0.2) is 21.0 Å². The Balaban J connectivity index is 1.98. The number of thiophene rings is 1. The summed E-state index contributed by atoms with van der Waals surface area (Å²) in [7, 11) is 0. The molecular weight excluding hydrogens is 404 g/mol. The number of anilines is 2. The lowest BCUT2D eigenvalue weighted by atomic mass is 10.1. The maximum Gasteiger partial charge on any atom is 0.339 e. The molecule has 0 aliphatic heterocycles. The summed E-state index contributed by atoms with van der Waals surface area (Å²) in [6.45, 7) is 4.92. The first-order valence-electron chi connectivity index (χ1n) is 8.56. The highest BCUT2D eigenvalue weighted by atomic mass is 32.1. The zero-order chi connectivity index (χ0) is 20.5. The van der Waals surface area contributed by atoms with Crippen LogP contribution in [0.2, 0.25) is 0 Å². The van der Waals surface area contributed by atoms with Crippen molar-refractivity contribution in [2.75, 3.05) is 5.32 Å². The quantitative estimate of drug-likeness (QED) is 0.486. The normalized spacial score (nSPS) is 11.8. The molecule has 0 amide bonds. The molecule has 3 aromatic heterocycles. The van der Waals surface area contributed by atoms with Gasteiger partial charge in [-0.05, 0) is 29.9 Å². The smallest absolute Gasteiger partial charge is 0.339 e. The summed E-state index contributed by atoms with van der Waals surface area (Å²) in [6.07, 6.45) is 1.81. The number of carbonyl (C=O) groups is 1. The lowest BCUT2D eigenvalue weighted by Gasteiger charge is -2.13. The summed E-state index contributed by atoms with van der Waals surface area (Å²) < 4.78 is 27.1. The summed E-state index contributed by atoms with van der Waals surface area (Å²) in [6, 6.07) is 2.92. The van der Waals surface area contributed by atoms with E-state index < -0.39 is 17.5 Å². The minimum absolute atomic E-state index is 0.0118. The fraction of sp³-hybridized carbons (Fsp3) is 0.316. The highest BCUT2D eigenvalue weighted by Crippen LogP contribution is 2.36. The number of nitrogens with zero attached hydrogens (tertiary/aromatic N) is 2. The number of rotatable bonds is 7. The van der Waals surface area contributed by atoms with Gasteiger partial charge in [0.25, 0.3) is 5.92 Å². The predicted octanol–water partition coefficient (Wildman–Crippen LogP) is 6.02. The molecule has 0 bridgehead atoms. The molecule has 0 radical (unpaired) electrons. The number of thiazole rings is 1. The van der Waals surface area contributed by atoms with Crippen LogP contribution in [-0.2, 0) is 12.3 Å². The Kier molecular flexibility index (Phi) is 5.76. The van der Waals surface area contributed by atoms with Crippen molar-refractivity contribution >= 4 is 39.6 Å². The van der Waals surface area contributed by atoms with E-state index in [-0.39, 0.29) is 11.4 Å². The number of hydrogen-bond donors (Lipinski definition) is 2. The van der Waals surface area contributed by atoms with Gasteiger partial charge in [-0.1, -0.05) is 13.8 Å². The number of halogens is 2. The molecule has 148 valence electrons. The Bertz CT molecular complexity index is 980. The summed E-state index contributed by atoms with van der Waals surface area (Å²) in [5.74, 6) is -4.10. The van der Waals surface area contributed by atoms with E-state index in [1.807, 2.05) is 16.8 Å². The molecule has 0 atom stereocenters. The number of nitrogens with one attached hydrogen (secondary N) is 1. The molecule has 3 aromatic rings. The first kappa shape index (κ1) is 20.3. The second-order valence-corrected chi connectivity index (χ2v) is 8.70. The molecule has 0 fully saturated rings. The number of hydrogen-bond acceptors (Lipinski definition) is 6. The van der Waals surface area contributed by atoms with Crippen LogP contribution in [0.4, 0.5) is 19.7 Å². The van der Waals surface area contributed by atoms with Crippen molar-refractivity contribution in [3.63, 3.8) is 0 Å². The lowest BCUT2D eigenvalue weighted by Crippen LogP contribution is -2.12. The third kappa shape index (κ3) is 4.53. The topological polar surface area (TPSA) is 75.1 Å². The molecule has 5 nitrogen and oxygen atoms in total. The maximum atomic E-state index is 13.5. The molecule has 28 heavy (non-hydrogen) atoms. The van der Waals surface area contributed by atoms with Crippen molar-refractivity contribution in [3.05, 3.63) is 45.1 Å². The number of alkyl halides is 2. The van der Waals surface area contributed by atoms with E-state index in [1.54, 1.807) is 11.3 Å². The van der Waals surface area contributed by atoms with Crippen LogP contribution >= 0.6 is 22.7 Å². The van der Waals surface area contributed by atoms with E-state index in [1.165, 1.54) is 11.3 Å². The predicted molar refractivity (Wildman–Crippen MR) is 108 cm³/mol. The molecule has 9 heteroatoms. The molecule has 3 rings (SSSR count). The first-order chi connectivity index (χ1) is 13.1. The molecule has 0 aliphatic carbocycles. The lowest BCUT2D eigenvalue weighted by molar-refractivity contribution is 0.0171. The molecule has 0 aromatic carbocycles. The average molecular weight is 424 g/mol. The molecule has 3 heterocycles. The fourth-order valence-corrected chi connectivity index (χ4v) is 4.44. The second-order valence-electron chi connectivity index (χ2n) is 6.84. The van der Waals surface area contributed by atoms with E-state index in [0.29, 0.717) is 18.0 Å². The molecule has 0 unspecified atom stereocenters. The van der Waals surface area contributed by atoms with Crippen LogP contribution in [0, 0.1) is 5.92 Å². The molecular formula is C19H19F2N3O2S2. The number of aromatic nitrogens is 2. The van der Waals surface area contributed by atoms with E-state index >= 15 is 0 Å². The Morgan fingerprint density at radius 2 is 2.14 bits per heavy atom. The van der Waals surface area contributed by atoms with Crippen molar-refractivity contribution < 1.29 is 18.7 Å². The summed E-state index contributed by atoms with van der Waals surface area (Å²) >= 11 is 2.98. The highest BCUT2D eigenvalue weighted by molar-refractivity contribution is 7.16. The highest BCUT2D eigenvalue weighted by Gasteiger charge is 2.27. The summed E-state index contributed by atoms with van der Waals surface area (Å²) in [5.41, 5.74) is 1.07. The van der Waals surface area contributed by atoms with Crippen molar-refractivity contribution in [2.45, 2.75) is 33.1 Å². The Hall–Kier alpha value is -2.39.